The minimum Gasteiger partial charge on any atom is -0.361 e. The SMILES string of the molecule is O=C(Cc1ccc2cc[nH]c2c1)NCCC(F)(F)F. The van der Waals surface area contributed by atoms with Crippen LogP contribution in [0.2, 0.25) is 0 Å². The summed E-state index contributed by atoms with van der Waals surface area (Å²) in [5.41, 5.74) is 1.67. The fourth-order valence-corrected chi connectivity index (χ4v) is 1.80. The number of halogens is 3. The highest BCUT2D eigenvalue weighted by molar-refractivity contribution is 5.83. The van der Waals surface area contributed by atoms with E-state index in [1.165, 1.54) is 0 Å². The smallest absolute Gasteiger partial charge is 0.361 e. The Balaban J connectivity index is 1.88. The molecule has 0 unspecified atom stereocenters. The van der Waals surface area contributed by atoms with E-state index >= 15 is 0 Å². The topological polar surface area (TPSA) is 44.9 Å². The zero-order valence-electron chi connectivity index (χ0n) is 10.1. The third-order valence-corrected chi connectivity index (χ3v) is 2.71. The number of aromatic amines is 1. The number of hydrogen-bond donors (Lipinski definition) is 2. The Morgan fingerprint density at radius 1 is 1.26 bits per heavy atom. The second-order valence-corrected chi connectivity index (χ2v) is 4.29. The molecule has 0 aliphatic heterocycles. The highest BCUT2D eigenvalue weighted by atomic mass is 19.4. The average molecular weight is 270 g/mol. The first kappa shape index (κ1) is 13.5. The maximum atomic E-state index is 11.9. The monoisotopic (exact) mass is 270 g/mol. The number of carbonyl (C=O) groups excluding carboxylic acids is 1. The van der Waals surface area contributed by atoms with Crippen LogP contribution in [0.4, 0.5) is 13.2 Å². The van der Waals surface area contributed by atoms with Gasteiger partial charge < -0.3 is 10.3 Å². The first-order chi connectivity index (χ1) is 8.94. The van der Waals surface area contributed by atoms with Crippen molar-refractivity contribution in [3.63, 3.8) is 0 Å². The minimum absolute atomic E-state index is 0.0762. The Morgan fingerprint density at radius 3 is 2.79 bits per heavy atom. The fraction of sp³-hybridized carbons (Fsp3) is 0.308. The van der Waals surface area contributed by atoms with Crippen LogP contribution in [0.3, 0.4) is 0 Å². The molecule has 19 heavy (non-hydrogen) atoms. The third-order valence-electron chi connectivity index (χ3n) is 2.71. The molecule has 0 saturated heterocycles. The van der Waals surface area contributed by atoms with Crippen molar-refractivity contribution in [3.05, 3.63) is 36.0 Å². The van der Waals surface area contributed by atoms with E-state index in [-0.39, 0.29) is 13.0 Å². The molecule has 1 aromatic heterocycles. The quantitative estimate of drug-likeness (QED) is 0.881. The van der Waals surface area contributed by atoms with Gasteiger partial charge in [0.1, 0.15) is 0 Å². The molecule has 0 fully saturated rings. The molecule has 1 amide bonds. The van der Waals surface area contributed by atoms with E-state index in [4.69, 9.17) is 0 Å². The van der Waals surface area contributed by atoms with Crippen molar-refractivity contribution < 1.29 is 18.0 Å². The lowest BCUT2D eigenvalue weighted by molar-refractivity contribution is -0.135. The predicted molar refractivity (Wildman–Crippen MR) is 65.7 cm³/mol. The Bertz CT molecular complexity index is 575. The molecule has 6 heteroatoms. The Kier molecular flexibility index (Phi) is 3.78. The second-order valence-electron chi connectivity index (χ2n) is 4.29. The number of amides is 1. The van der Waals surface area contributed by atoms with Gasteiger partial charge in [0, 0.05) is 18.3 Å². The van der Waals surface area contributed by atoms with Crippen LogP contribution in [0.5, 0.6) is 0 Å². The second kappa shape index (κ2) is 5.34. The molecule has 3 nitrogen and oxygen atoms in total. The van der Waals surface area contributed by atoms with Gasteiger partial charge in [0.2, 0.25) is 5.91 Å². The highest BCUT2D eigenvalue weighted by Gasteiger charge is 2.26. The molecule has 0 spiro atoms. The van der Waals surface area contributed by atoms with Gasteiger partial charge in [-0.3, -0.25) is 4.79 Å². The summed E-state index contributed by atoms with van der Waals surface area (Å²) in [6.45, 7) is -0.382. The van der Waals surface area contributed by atoms with Gasteiger partial charge in [0.05, 0.1) is 12.8 Å². The maximum absolute atomic E-state index is 11.9. The van der Waals surface area contributed by atoms with Crippen LogP contribution in [-0.2, 0) is 11.2 Å². The summed E-state index contributed by atoms with van der Waals surface area (Å²) >= 11 is 0. The Hall–Kier alpha value is -1.98. The highest BCUT2D eigenvalue weighted by Crippen LogP contribution is 2.18. The van der Waals surface area contributed by atoms with Crippen LogP contribution >= 0.6 is 0 Å². The molecule has 1 heterocycles. The lowest BCUT2D eigenvalue weighted by Gasteiger charge is -2.08. The van der Waals surface area contributed by atoms with Gasteiger partial charge in [-0.15, -0.1) is 0 Å². The molecule has 0 saturated carbocycles. The summed E-state index contributed by atoms with van der Waals surface area (Å²) in [5.74, 6) is -0.407. The Morgan fingerprint density at radius 2 is 2.05 bits per heavy atom. The average Bonchev–Trinajstić information content (AvgIpc) is 2.74. The molecule has 0 aliphatic rings. The number of fused-ring (bicyclic) bond motifs is 1. The lowest BCUT2D eigenvalue weighted by Crippen LogP contribution is -2.29. The van der Waals surface area contributed by atoms with Crippen molar-refractivity contribution >= 4 is 16.8 Å². The molecular weight excluding hydrogens is 257 g/mol. The van der Waals surface area contributed by atoms with Gasteiger partial charge in [-0.1, -0.05) is 12.1 Å². The molecule has 0 bridgehead atoms. The summed E-state index contributed by atoms with van der Waals surface area (Å²) in [6.07, 6.45) is -3.38. The normalized spacial score (nSPS) is 11.7. The lowest BCUT2D eigenvalue weighted by atomic mass is 10.1. The van der Waals surface area contributed by atoms with Crippen molar-refractivity contribution in [2.24, 2.45) is 0 Å². The first-order valence-electron chi connectivity index (χ1n) is 5.83. The number of carbonyl (C=O) groups is 1. The van der Waals surface area contributed by atoms with Crippen LogP contribution in [0.15, 0.2) is 30.5 Å². The number of alkyl halides is 3. The molecule has 1 aromatic carbocycles. The van der Waals surface area contributed by atoms with Gasteiger partial charge in [-0.2, -0.15) is 13.2 Å². The summed E-state index contributed by atoms with van der Waals surface area (Å²) in [4.78, 5) is 14.5. The number of nitrogens with one attached hydrogen (secondary N) is 2. The van der Waals surface area contributed by atoms with Crippen LogP contribution in [0, 0.1) is 0 Å². The van der Waals surface area contributed by atoms with Gasteiger partial charge in [-0.05, 0) is 23.1 Å². The summed E-state index contributed by atoms with van der Waals surface area (Å²) in [6, 6.07) is 7.38. The van der Waals surface area contributed by atoms with Gasteiger partial charge >= 0.3 is 6.18 Å². The zero-order valence-corrected chi connectivity index (χ0v) is 10.1. The van der Waals surface area contributed by atoms with Crippen LogP contribution in [0.25, 0.3) is 10.9 Å². The van der Waals surface area contributed by atoms with E-state index < -0.39 is 18.5 Å². The van der Waals surface area contributed by atoms with E-state index in [1.54, 1.807) is 12.3 Å². The number of aromatic nitrogens is 1. The number of hydrogen-bond acceptors (Lipinski definition) is 1. The molecule has 2 rings (SSSR count). The van der Waals surface area contributed by atoms with Gasteiger partial charge in [0.15, 0.2) is 0 Å². The third kappa shape index (κ3) is 4.01. The number of rotatable bonds is 4. The molecule has 0 atom stereocenters. The van der Waals surface area contributed by atoms with Crippen molar-refractivity contribution in [1.29, 1.82) is 0 Å². The van der Waals surface area contributed by atoms with E-state index in [0.29, 0.717) is 0 Å². The van der Waals surface area contributed by atoms with E-state index in [0.717, 1.165) is 16.5 Å². The van der Waals surface area contributed by atoms with Crippen molar-refractivity contribution in [1.82, 2.24) is 10.3 Å². The van der Waals surface area contributed by atoms with E-state index in [2.05, 4.69) is 10.3 Å². The largest absolute Gasteiger partial charge is 0.390 e. The van der Waals surface area contributed by atoms with E-state index in [9.17, 15) is 18.0 Å². The van der Waals surface area contributed by atoms with E-state index in [1.807, 2.05) is 18.2 Å². The molecule has 0 aliphatic carbocycles. The molecule has 2 aromatic rings. The molecule has 2 N–H and O–H groups in total. The van der Waals surface area contributed by atoms with Crippen LogP contribution in [-0.4, -0.2) is 23.6 Å². The zero-order chi connectivity index (χ0) is 13.9. The predicted octanol–water partition coefficient (Wildman–Crippen LogP) is 2.78. The van der Waals surface area contributed by atoms with Crippen LogP contribution < -0.4 is 5.32 Å². The standard InChI is InChI=1S/C13H13F3N2O/c14-13(15,16)4-6-18-12(19)8-9-1-2-10-3-5-17-11(10)7-9/h1-3,5,7,17H,4,6,8H2,(H,18,19). The van der Waals surface area contributed by atoms with Crippen molar-refractivity contribution in [2.75, 3.05) is 6.54 Å². The fourth-order valence-electron chi connectivity index (χ4n) is 1.80. The Labute approximate surface area is 107 Å². The van der Waals surface area contributed by atoms with Gasteiger partial charge in [-0.25, -0.2) is 0 Å². The summed E-state index contributed by atoms with van der Waals surface area (Å²) in [5, 5.41) is 3.29. The van der Waals surface area contributed by atoms with Crippen LogP contribution in [0.1, 0.15) is 12.0 Å². The minimum atomic E-state index is -4.24. The maximum Gasteiger partial charge on any atom is 0.390 e. The molecule has 102 valence electrons. The first-order valence-corrected chi connectivity index (χ1v) is 5.83. The summed E-state index contributed by atoms with van der Waals surface area (Å²) < 4.78 is 35.7. The van der Waals surface area contributed by atoms with Crippen molar-refractivity contribution in [2.45, 2.75) is 19.0 Å². The molecular formula is C13H13F3N2O. The van der Waals surface area contributed by atoms with Gasteiger partial charge in [0.25, 0.3) is 0 Å². The number of H-pyrrole nitrogens is 1. The van der Waals surface area contributed by atoms with Crippen molar-refractivity contribution in [3.8, 4) is 0 Å². The number of benzene rings is 1. The summed E-state index contributed by atoms with van der Waals surface area (Å²) in [7, 11) is 0. The molecule has 0 radical (unpaired) electrons.